The molecule has 24 heavy (non-hydrogen) atoms. The van der Waals surface area contributed by atoms with E-state index in [9.17, 15) is 4.79 Å². The Morgan fingerprint density at radius 2 is 2.17 bits per heavy atom. The Morgan fingerprint density at radius 1 is 1.33 bits per heavy atom. The molecule has 0 radical (unpaired) electrons. The molecule has 0 aliphatic rings. The number of benzene rings is 2. The molecule has 0 aliphatic carbocycles. The van der Waals surface area contributed by atoms with Crippen LogP contribution in [-0.2, 0) is 11.2 Å². The number of nitrogens with zero attached hydrogens (tertiary/aromatic N) is 1. The van der Waals surface area contributed by atoms with Crippen LogP contribution in [0.3, 0.4) is 0 Å². The van der Waals surface area contributed by atoms with Crippen molar-refractivity contribution in [3.63, 3.8) is 0 Å². The second kappa shape index (κ2) is 7.28. The molecule has 0 saturated heterocycles. The number of anilines is 1. The smallest absolute Gasteiger partial charge is 0.257 e. The van der Waals surface area contributed by atoms with Gasteiger partial charge in [-0.05, 0) is 36.6 Å². The number of halogens is 1. The predicted octanol–water partition coefficient (Wildman–Crippen LogP) is 5.08. The molecule has 1 aromatic heterocycles. The fraction of sp³-hybridized carbons (Fsp3) is 0.222. The summed E-state index contributed by atoms with van der Waals surface area (Å²) in [6.45, 7) is 4.06. The van der Waals surface area contributed by atoms with Gasteiger partial charge in [0.2, 0.25) is 5.91 Å². The third-order valence-corrected chi connectivity index (χ3v) is 4.73. The van der Waals surface area contributed by atoms with E-state index in [1.807, 2.05) is 25.1 Å². The van der Waals surface area contributed by atoms with Crippen molar-refractivity contribution < 1.29 is 9.21 Å². The number of nitrogens with one attached hydrogen (secondary N) is 1. The number of amides is 1. The minimum atomic E-state index is -0.0794. The van der Waals surface area contributed by atoms with Gasteiger partial charge in [-0.2, -0.15) is 0 Å². The number of para-hydroxylation sites is 1. The van der Waals surface area contributed by atoms with E-state index in [1.165, 1.54) is 11.8 Å². The van der Waals surface area contributed by atoms with Crippen LogP contribution in [-0.4, -0.2) is 16.6 Å². The molecule has 124 valence electrons. The zero-order valence-corrected chi connectivity index (χ0v) is 15.0. The lowest BCUT2D eigenvalue weighted by molar-refractivity contribution is -0.113. The second-order valence-corrected chi connectivity index (χ2v) is 6.75. The van der Waals surface area contributed by atoms with Crippen LogP contribution in [0.1, 0.15) is 18.1 Å². The average molecular weight is 361 g/mol. The Balaban J connectivity index is 1.67. The van der Waals surface area contributed by atoms with Crippen LogP contribution in [0.2, 0.25) is 5.02 Å². The van der Waals surface area contributed by atoms with E-state index in [2.05, 4.69) is 17.2 Å². The van der Waals surface area contributed by atoms with Gasteiger partial charge in [0.05, 0.1) is 5.75 Å². The standard InChI is InChI=1S/C18H17ClN2O2S/c1-3-12-6-4-5-11(2)17(12)21-16(22)10-24-18-20-14-8-7-13(19)9-15(14)23-18/h4-9H,3,10H2,1-2H3,(H,21,22). The minimum Gasteiger partial charge on any atom is -0.431 e. The molecule has 0 saturated carbocycles. The van der Waals surface area contributed by atoms with Crippen molar-refractivity contribution in [2.24, 2.45) is 0 Å². The summed E-state index contributed by atoms with van der Waals surface area (Å²) in [5.74, 6) is 0.155. The van der Waals surface area contributed by atoms with Crippen molar-refractivity contribution in [2.75, 3.05) is 11.1 Å². The van der Waals surface area contributed by atoms with Gasteiger partial charge in [-0.3, -0.25) is 4.79 Å². The van der Waals surface area contributed by atoms with E-state index in [4.69, 9.17) is 16.0 Å². The normalized spacial score (nSPS) is 11.0. The number of carbonyl (C=O) groups is 1. The van der Waals surface area contributed by atoms with E-state index < -0.39 is 0 Å². The predicted molar refractivity (Wildman–Crippen MR) is 98.9 cm³/mol. The second-order valence-electron chi connectivity index (χ2n) is 5.39. The van der Waals surface area contributed by atoms with Gasteiger partial charge in [0.15, 0.2) is 5.58 Å². The molecule has 1 heterocycles. The van der Waals surface area contributed by atoms with E-state index in [-0.39, 0.29) is 11.7 Å². The van der Waals surface area contributed by atoms with E-state index in [0.29, 0.717) is 15.8 Å². The van der Waals surface area contributed by atoms with Gasteiger partial charge in [0.25, 0.3) is 5.22 Å². The van der Waals surface area contributed by atoms with Gasteiger partial charge in [-0.25, -0.2) is 4.98 Å². The molecular formula is C18H17ClN2O2S. The van der Waals surface area contributed by atoms with Crippen LogP contribution in [0, 0.1) is 6.92 Å². The van der Waals surface area contributed by atoms with Gasteiger partial charge < -0.3 is 9.73 Å². The molecule has 4 nitrogen and oxygen atoms in total. The van der Waals surface area contributed by atoms with Crippen LogP contribution in [0.25, 0.3) is 11.1 Å². The fourth-order valence-electron chi connectivity index (χ4n) is 2.44. The van der Waals surface area contributed by atoms with Crippen molar-refractivity contribution in [3.8, 4) is 0 Å². The number of carbonyl (C=O) groups excluding carboxylic acids is 1. The van der Waals surface area contributed by atoms with Gasteiger partial charge in [-0.15, -0.1) is 0 Å². The highest BCUT2D eigenvalue weighted by molar-refractivity contribution is 7.99. The summed E-state index contributed by atoms with van der Waals surface area (Å²) in [4.78, 5) is 16.6. The Morgan fingerprint density at radius 3 is 2.96 bits per heavy atom. The highest BCUT2D eigenvalue weighted by atomic mass is 35.5. The summed E-state index contributed by atoms with van der Waals surface area (Å²) in [6.07, 6.45) is 0.871. The number of aryl methyl sites for hydroxylation is 2. The Kier molecular flexibility index (Phi) is 5.11. The summed E-state index contributed by atoms with van der Waals surface area (Å²) in [7, 11) is 0. The number of rotatable bonds is 5. The summed E-state index contributed by atoms with van der Waals surface area (Å²) in [6, 6.07) is 11.3. The van der Waals surface area contributed by atoms with Crippen molar-refractivity contribution in [3.05, 3.63) is 52.5 Å². The van der Waals surface area contributed by atoms with E-state index in [1.54, 1.807) is 18.2 Å². The molecule has 0 spiro atoms. The maximum Gasteiger partial charge on any atom is 0.257 e. The number of thioether (sulfide) groups is 1. The minimum absolute atomic E-state index is 0.0794. The molecule has 0 fully saturated rings. The van der Waals surface area contributed by atoms with Gasteiger partial charge >= 0.3 is 0 Å². The Hall–Kier alpha value is -1.98. The van der Waals surface area contributed by atoms with Gasteiger partial charge in [0, 0.05) is 16.8 Å². The molecule has 1 N–H and O–H groups in total. The highest BCUT2D eigenvalue weighted by Gasteiger charge is 2.12. The zero-order valence-electron chi connectivity index (χ0n) is 13.4. The fourth-order valence-corrected chi connectivity index (χ4v) is 3.24. The van der Waals surface area contributed by atoms with Crippen LogP contribution in [0.15, 0.2) is 46.0 Å². The van der Waals surface area contributed by atoms with Crippen LogP contribution < -0.4 is 5.32 Å². The number of hydrogen-bond donors (Lipinski definition) is 1. The molecule has 0 bridgehead atoms. The summed E-state index contributed by atoms with van der Waals surface area (Å²) in [5, 5.41) is 4.05. The van der Waals surface area contributed by atoms with Crippen LogP contribution in [0.5, 0.6) is 0 Å². The molecule has 1 amide bonds. The SMILES string of the molecule is CCc1cccc(C)c1NC(=O)CSc1nc2ccc(Cl)cc2o1. The zero-order chi connectivity index (χ0) is 17.1. The molecular weight excluding hydrogens is 344 g/mol. The molecule has 0 atom stereocenters. The molecule has 6 heteroatoms. The first-order valence-corrected chi connectivity index (χ1v) is 9.00. The lowest BCUT2D eigenvalue weighted by atomic mass is 10.1. The monoisotopic (exact) mass is 360 g/mol. The Bertz CT molecular complexity index is 892. The largest absolute Gasteiger partial charge is 0.431 e. The van der Waals surface area contributed by atoms with Crippen molar-refractivity contribution in [2.45, 2.75) is 25.5 Å². The quantitative estimate of drug-likeness (QED) is 0.644. The number of fused-ring (bicyclic) bond motifs is 1. The summed E-state index contributed by atoms with van der Waals surface area (Å²) in [5.41, 5.74) is 4.44. The molecule has 0 aliphatic heterocycles. The van der Waals surface area contributed by atoms with E-state index in [0.717, 1.165) is 28.8 Å². The number of oxazole rings is 1. The first kappa shape index (κ1) is 16.9. The van der Waals surface area contributed by atoms with Gasteiger partial charge in [0.1, 0.15) is 5.52 Å². The van der Waals surface area contributed by atoms with Gasteiger partial charge in [-0.1, -0.05) is 48.5 Å². The third kappa shape index (κ3) is 3.74. The summed E-state index contributed by atoms with van der Waals surface area (Å²) >= 11 is 7.20. The topological polar surface area (TPSA) is 55.1 Å². The number of aromatic nitrogens is 1. The molecule has 2 aromatic carbocycles. The van der Waals surface area contributed by atoms with Crippen molar-refractivity contribution >= 4 is 46.1 Å². The summed E-state index contributed by atoms with van der Waals surface area (Å²) < 4.78 is 5.61. The van der Waals surface area contributed by atoms with E-state index >= 15 is 0 Å². The maximum absolute atomic E-state index is 12.3. The van der Waals surface area contributed by atoms with Crippen molar-refractivity contribution in [1.82, 2.24) is 4.98 Å². The molecule has 3 aromatic rings. The maximum atomic E-state index is 12.3. The lowest BCUT2D eigenvalue weighted by Gasteiger charge is -2.12. The number of hydrogen-bond acceptors (Lipinski definition) is 4. The third-order valence-electron chi connectivity index (χ3n) is 3.66. The molecule has 3 rings (SSSR count). The Labute approximate surface area is 149 Å². The first-order valence-electron chi connectivity index (χ1n) is 7.64. The van der Waals surface area contributed by atoms with Crippen LogP contribution in [0.4, 0.5) is 5.69 Å². The van der Waals surface area contributed by atoms with Crippen molar-refractivity contribution in [1.29, 1.82) is 0 Å². The molecule has 0 unspecified atom stereocenters. The highest BCUT2D eigenvalue weighted by Crippen LogP contribution is 2.26. The van der Waals surface area contributed by atoms with Crippen LogP contribution >= 0.6 is 23.4 Å². The average Bonchev–Trinajstić information content (AvgIpc) is 2.96. The first-order chi connectivity index (χ1) is 11.6. The lowest BCUT2D eigenvalue weighted by Crippen LogP contribution is -2.16.